The second kappa shape index (κ2) is 16.2. The predicted molar refractivity (Wildman–Crippen MR) is 164 cm³/mol. The number of ether oxygens (including phenoxy) is 4. The predicted octanol–water partition coefficient (Wildman–Crippen LogP) is 5.45. The Bertz CT molecular complexity index is 911. The van der Waals surface area contributed by atoms with E-state index in [4.69, 9.17) is 23.4 Å². The van der Waals surface area contributed by atoms with Gasteiger partial charge in [-0.3, -0.25) is 0 Å². The van der Waals surface area contributed by atoms with Crippen LogP contribution in [0, 0.1) is 0 Å². The molecule has 0 aliphatic carbocycles. The second-order valence-electron chi connectivity index (χ2n) is 11.8. The van der Waals surface area contributed by atoms with Crippen LogP contribution in [0.3, 0.4) is 0 Å². The summed E-state index contributed by atoms with van der Waals surface area (Å²) >= 11 is 0. The maximum atomic E-state index is 11.6. The fraction of sp³-hybridized carbons (Fsp3) is 0.636. The van der Waals surface area contributed by atoms with Gasteiger partial charge in [0.1, 0.15) is 24.4 Å². The Morgan fingerprint density at radius 1 is 0.775 bits per heavy atom. The van der Waals surface area contributed by atoms with Gasteiger partial charge in [-0.25, -0.2) is 0 Å². The van der Waals surface area contributed by atoms with E-state index in [2.05, 4.69) is 83.1 Å². The van der Waals surface area contributed by atoms with Crippen molar-refractivity contribution in [3.8, 4) is 0 Å². The van der Waals surface area contributed by atoms with Gasteiger partial charge in [0.15, 0.2) is 6.29 Å². The minimum absolute atomic E-state index is 0.183. The van der Waals surface area contributed by atoms with Gasteiger partial charge in [0, 0.05) is 20.3 Å². The first-order chi connectivity index (χ1) is 19.3. The maximum absolute atomic E-state index is 11.6. The molecule has 2 aromatic rings. The van der Waals surface area contributed by atoms with Crippen LogP contribution in [0.2, 0.25) is 5.04 Å². The van der Waals surface area contributed by atoms with E-state index >= 15 is 0 Å². The quantitative estimate of drug-likeness (QED) is 0.213. The number of benzene rings is 2. The molecular formula is C33H52O6Si. The Kier molecular flexibility index (Phi) is 13.3. The molecule has 7 heteroatoms. The van der Waals surface area contributed by atoms with E-state index in [-0.39, 0.29) is 11.6 Å². The number of unbranched alkanes of at least 4 members (excludes halogenated alkanes) is 4. The number of methoxy groups -OCH3 is 1. The Labute approximate surface area is 243 Å². The van der Waals surface area contributed by atoms with Crippen molar-refractivity contribution in [3.05, 3.63) is 60.7 Å². The molecule has 1 aliphatic heterocycles. The zero-order valence-corrected chi connectivity index (χ0v) is 26.5. The molecule has 40 heavy (non-hydrogen) atoms. The summed E-state index contributed by atoms with van der Waals surface area (Å²) in [7, 11) is -1.18. The summed E-state index contributed by atoms with van der Waals surface area (Å²) in [6.45, 7) is 12.3. The zero-order chi connectivity index (χ0) is 29.0. The molecule has 1 heterocycles. The highest BCUT2D eigenvalue weighted by Gasteiger charge is 2.52. The molecule has 1 fully saturated rings. The molecule has 0 saturated carbocycles. The lowest BCUT2D eigenvalue weighted by molar-refractivity contribution is -0.309. The van der Waals surface area contributed by atoms with Crippen molar-refractivity contribution in [1.82, 2.24) is 0 Å². The number of hydrogen-bond donors (Lipinski definition) is 1. The van der Waals surface area contributed by atoms with E-state index in [0.717, 1.165) is 19.3 Å². The third kappa shape index (κ3) is 8.03. The Balaban J connectivity index is 1.85. The molecule has 1 unspecified atom stereocenters. The van der Waals surface area contributed by atoms with Gasteiger partial charge in [-0.2, -0.15) is 0 Å². The van der Waals surface area contributed by atoms with Crippen LogP contribution in [0.4, 0.5) is 0 Å². The van der Waals surface area contributed by atoms with E-state index in [0.29, 0.717) is 13.2 Å². The van der Waals surface area contributed by atoms with Crippen molar-refractivity contribution in [3.63, 3.8) is 0 Å². The molecule has 0 amide bonds. The zero-order valence-electron chi connectivity index (χ0n) is 25.5. The lowest BCUT2D eigenvalue weighted by atomic mass is 9.98. The summed E-state index contributed by atoms with van der Waals surface area (Å²) in [4.78, 5) is 0. The molecule has 1 N–H and O–H groups in total. The van der Waals surface area contributed by atoms with Crippen LogP contribution in [0.25, 0.3) is 0 Å². The van der Waals surface area contributed by atoms with Gasteiger partial charge in [0.2, 0.25) is 0 Å². The third-order valence-electron chi connectivity index (χ3n) is 7.80. The van der Waals surface area contributed by atoms with Gasteiger partial charge in [-0.15, -0.1) is 0 Å². The molecule has 1 saturated heterocycles. The largest absolute Gasteiger partial charge is 0.405 e. The molecule has 224 valence electrons. The molecule has 2 aromatic carbocycles. The fourth-order valence-corrected chi connectivity index (χ4v) is 10.3. The standard InChI is InChI=1S/C33H52O6Si/c1-7-9-10-11-18-24-37-31-30(36-23-8-2)29(34)28(39-32(31)35-6)25-38-40(33(3,4)5,26-19-14-12-15-20-26)27-21-16-13-17-22-27/h12-17,19-22,28-32,34H,7-11,18,23-25H2,1-6H3/t28-,29-,30+,31-,32?/m1/s1. The van der Waals surface area contributed by atoms with Crippen LogP contribution in [-0.2, 0) is 23.4 Å². The first-order valence-electron chi connectivity index (χ1n) is 15.1. The van der Waals surface area contributed by atoms with Gasteiger partial charge in [0.25, 0.3) is 8.32 Å². The normalized spacial score (nSPS) is 23.8. The van der Waals surface area contributed by atoms with Gasteiger partial charge < -0.3 is 28.5 Å². The fourth-order valence-electron chi connectivity index (χ4n) is 5.73. The highest BCUT2D eigenvalue weighted by atomic mass is 28.4. The van der Waals surface area contributed by atoms with Crippen molar-refractivity contribution < 1.29 is 28.5 Å². The highest BCUT2D eigenvalue weighted by Crippen LogP contribution is 2.37. The average Bonchev–Trinajstić information content (AvgIpc) is 2.96. The van der Waals surface area contributed by atoms with Gasteiger partial charge >= 0.3 is 0 Å². The first kappa shape index (κ1) is 32.9. The summed E-state index contributed by atoms with van der Waals surface area (Å²) in [6.07, 6.45) is 3.29. The average molecular weight is 573 g/mol. The van der Waals surface area contributed by atoms with Crippen LogP contribution in [0.5, 0.6) is 0 Å². The van der Waals surface area contributed by atoms with Crippen molar-refractivity contribution in [2.24, 2.45) is 0 Å². The first-order valence-corrected chi connectivity index (χ1v) is 17.1. The van der Waals surface area contributed by atoms with E-state index in [9.17, 15) is 5.11 Å². The molecule has 5 atom stereocenters. The number of rotatable bonds is 16. The smallest absolute Gasteiger partial charge is 0.261 e. The van der Waals surface area contributed by atoms with Gasteiger partial charge in [-0.1, -0.05) is 121 Å². The van der Waals surface area contributed by atoms with E-state index in [1.165, 1.54) is 29.6 Å². The number of aliphatic hydroxyl groups is 1. The molecule has 3 rings (SSSR count). The van der Waals surface area contributed by atoms with E-state index < -0.39 is 39.0 Å². The summed E-state index contributed by atoms with van der Waals surface area (Å²) in [5.74, 6) is 0. The topological polar surface area (TPSA) is 66.4 Å². The summed E-state index contributed by atoms with van der Waals surface area (Å²) in [5, 5.41) is 13.8. The molecule has 0 radical (unpaired) electrons. The van der Waals surface area contributed by atoms with Crippen molar-refractivity contribution in [2.75, 3.05) is 26.9 Å². The van der Waals surface area contributed by atoms with E-state index in [1.807, 2.05) is 12.1 Å². The number of aliphatic hydroxyl groups excluding tert-OH is 1. The van der Waals surface area contributed by atoms with Crippen LogP contribution in [0.1, 0.15) is 73.1 Å². The molecule has 0 spiro atoms. The highest BCUT2D eigenvalue weighted by molar-refractivity contribution is 6.99. The number of hydrogen-bond acceptors (Lipinski definition) is 6. The molecule has 1 aliphatic rings. The van der Waals surface area contributed by atoms with Crippen LogP contribution in [0.15, 0.2) is 60.7 Å². The second-order valence-corrected chi connectivity index (χ2v) is 16.1. The minimum atomic E-state index is -2.80. The minimum Gasteiger partial charge on any atom is -0.405 e. The monoisotopic (exact) mass is 572 g/mol. The van der Waals surface area contributed by atoms with Crippen LogP contribution >= 0.6 is 0 Å². The lowest BCUT2D eigenvalue weighted by Gasteiger charge is -2.47. The lowest BCUT2D eigenvalue weighted by Crippen LogP contribution is -2.68. The van der Waals surface area contributed by atoms with Crippen LogP contribution in [-0.4, -0.2) is 71.1 Å². The van der Waals surface area contributed by atoms with Crippen LogP contribution < -0.4 is 10.4 Å². The molecule has 0 bridgehead atoms. The Hall–Kier alpha value is -1.58. The SMILES string of the molecule is CCCCCCCO[C@H]1C(OC)O[C@H](CO[Si](c2ccccc2)(c2ccccc2)C(C)(C)C)[C@@H](O)[C@@H]1OCCC. The Morgan fingerprint density at radius 3 is 1.88 bits per heavy atom. The maximum Gasteiger partial charge on any atom is 0.261 e. The molecule has 6 nitrogen and oxygen atoms in total. The van der Waals surface area contributed by atoms with Gasteiger partial charge in [0.05, 0.1) is 6.61 Å². The Morgan fingerprint density at radius 2 is 1.35 bits per heavy atom. The molecular weight excluding hydrogens is 520 g/mol. The van der Waals surface area contributed by atoms with Crippen molar-refractivity contribution in [2.45, 2.75) is 109 Å². The van der Waals surface area contributed by atoms with Crippen molar-refractivity contribution in [1.29, 1.82) is 0 Å². The summed E-state index contributed by atoms with van der Waals surface area (Å²) in [5.41, 5.74) is 0. The summed E-state index contributed by atoms with van der Waals surface area (Å²) < 4.78 is 31.7. The summed E-state index contributed by atoms with van der Waals surface area (Å²) in [6, 6.07) is 21.0. The van der Waals surface area contributed by atoms with E-state index in [1.54, 1.807) is 7.11 Å². The third-order valence-corrected chi connectivity index (χ3v) is 12.8. The van der Waals surface area contributed by atoms with Gasteiger partial charge in [-0.05, 0) is 28.3 Å². The molecule has 0 aromatic heterocycles. The van der Waals surface area contributed by atoms with Crippen molar-refractivity contribution >= 4 is 18.7 Å².